The average Bonchev–Trinajstić information content (AvgIpc) is 2.08. The van der Waals surface area contributed by atoms with Crippen molar-refractivity contribution in [2.45, 2.75) is 6.92 Å². The molecule has 0 spiro atoms. The van der Waals surface area contributed by atoms with Gasteiger partial charge in [-0.15, -0.1) is 0 Å². The van der Waals surface area contributed by atoms with Gasteiger partial charge < -0.3 is 5.11 Å². The van der Waals surface area contributed by atoms with Crippen LogP contribution >= 0.6 is 22.6 Å². The van der Waals surface area contributed by atoms with Crippen LogP contribution in [0.2, 0.25) is 0 Å². The molecule has 1 aromatic carbocycles. The van der Waals surface area contributed by atoms with Crippen LogP contribution in [0.15, 0.2) is 18.2 Å². The lowest BCUT2D eigenvalue weighted by molar-refractivity contribution is 0.315. The number of aliphatic hydroxyl groups is 1. The fourth-order valence-electron chi connectivity index (χ4n) is 0.853. The van der Waals surface area contributed by atoms with Crippen molar-refractivity contribution in [2.24, 2.45) is 0 Å². The molecule has 0 saturated heterocycles. The number of aliphatic hydroxyl groups excluding tert-OH is 1. The summed E-state index contributed by atoms with van der Waals surface area (Å²) in [7, 11) is 0. The Morgan fingerprint density at radius 2 is 2.25 bits per heavy atom. The van der Waals surface area contributed by atoms with Gasteiger partial charge in [0.05, 0.1) is 6.61 Å². The van der Waals surface area contributed by atoms with E-state index in [2.05, 4.69) is 0 Å². The fourth-order valence-corrected chi connectivity index (χ4v) is 1.19. The molecule has 0 atom stereocenters. The number of hydrogen-bond acceptors (Lipinski definition) is 1. The van der Waals surface area contributed by atoms with Crippen molar-refractivity contribution in [3.05, 3.63) is 39.1 Å². The summed E-state index contributed by atoms with van der Waals surface area (Å²) in [6, 6.07) is 4.94. The van der Waals surface area contributed by atoms with Gasteiger partial charge in [0.1, 0.15) is 5.82 Å². The number of hydrogen-bond donors (Lipinski definition) is 1. The van der Waals surface area contributed by atoms with Crippen molar-refractivity contribution < 1.29 is 9.50 Å². The van der Waals surface area contributed by atoms with Crippen LogP contribution in [0.1, 0.15) is 12.5 Å². The minimum Gasteiger partial charge on any atom is -0.395 e. The third-order valence-corrected chi connectivity index (χ3v) is 2.52. The van der Waals surface area contributed by atoms with E-state index in [1.165, 1.54) is 6.07 Å². The molecule has 0 amide bonds. The second-order valence-corrected chi connectivity index (χ2v) is 3.73. The first-order chi connectivity index (χ1) is 5.65. The monoisotopic (exact) mass is 279 g/mol. The highest BCUT2D eigenvalue weighted by molar-refractivity contribution is 14.1. The highest BCUT2D eigenvalue weighted by Crippen LogP contribution is 2.18. The number of benzene rings is 1. The maximum absolute atomic E-state index is 13.0. The Hall–Kier alpha value is -0.160. The lowest BCUT2D eigenvalue weighted by Gasteiger charge is -2.07. The molecule has 0 heterocycles. The van der Waals surface area contributed by atoms with Gasteiger partial charge >= 0.3 is 0 Å². The van der Waals surface area contributed by atoms with Crippen molar-refractivity contribution in [2.75, 3.05) is 6.61 Å². The molecular formula is C9H9FIO. The van der Waals surface area contributed by atoms with Gasteiger partial charge in [0.2, 0.25) is 0 Å². The molecule has 0 aliphatic rings. The van der Waals surface area contributed by atoms with E-state index in [0.29, 0.717) is 3.57 Å². The van der Waals surface area contributed by atoms with E-state index in [1.807, 2.05) is 22.6 Å². The summed E-state index contributed by atoms with van der Waals surface area (Å²) in [5, 5.41) is 8.79. The molecule has 1 radical (unpaired) electrons. The standard InChI is InChI=1S/C9H9FIO/c1-6(5-12)7-2-3-9(11)8(10)4-7/h2-4,12H,5H2,1H3. The predicted octanol–water partition coefficient (Wildman–Crippen LogP) is 2.37. The van der Waals surface area contributed by atoms with Crippen LogP contribution in [-0.2, 0) is 0 Å². The summed E-state index contributed by atoms with van der Waals surface area (Å²) in [5.74, 6) is 0.547. The fraction of sp³-hybridized carbons (Fsp3) is 0.222. The molecule has 1 aromatic rings. The Morgan fingerprint density at radius 3 is 2.75 bits per heavy atom. The molecule has 12 heavy (non-hydrogen) atoms. The van der Waals surface area contributed by atoms with Gasteiger partial charge in [-0.05, 0) is 40.3 Å². The normalized spacial score (nSPS) is 10.8. The molecule has 0 aromatic heterocycles. The molecule has 0 fully saturated rings. The molecule has 0 unspecified atom stereocenters. The first-order valence-electron chi connectivity index (χ1n) is 3.54. The molecule has 1 rings (SSSR count). The molecular weight excluding hydrogens is 270 g/mol. The molecule has 3 heteroatoms. The summed E-state index contributed by atoms with van der Waals surface area (Å²) in [5.41, 5.74) is 0.760. The second-order valence-electron chi connectivity index (χ2n) is 2.57. The minimum absolute atomic E-state index is 0.0277. The van der Waals surface area contributed by atoms with Crippen molar-refractivity contribution in [3.8, 4) is 0 Å². The maximum Gasteiger partial charge on any atom is 0.136 e. The molecule has 0 saturated carbocycles. The molecule has 0 aliphatic heterocycles. The van der Waals surface area contributed by atoms with E-state index in [9.17, 15) is 4.39 Å². The lowest BCUT2D eigenvalue weighted by Crippen LogP contribution is -2.00. The van der Waals surface area contributed by atoms with E-state index in [4.69, 9.17) is 5.11 Å². The molecule has 65 valence electrons. The zero-order valence-electron chi connectivity index (χ0n) is 6.64. The minimum atomic E-state index is -0.235. The topological polar surface area (TPSA) is 20.2 Å². The van der Waals surface area contributed by atoms with Gasteiger partial charge in [0.25, 0.3) is 0 Å². The Kier molecular flexibility index (Phi) is 3.46. The van der Waals surface area contributed by atoms with Gasteiger partial charge in [0, 0.05) is 9.49 Å². The highest BCUT2D eigenvalue weighted by atomic mass is 127. The van der Waals surface area contributed by atoms with E-state index in [1.54, 1.807) is 19.1 Å². The van der Waals surface area contributed by atoms with E-state index < -0.39 is 0 Å². The molecule has 1 nitrogen and oxygen atoms in total. The van der Waals surface area contributed by atoms with Crippen LogP contribution in [0.25, 0.3) is 0 Å². The van der Waals surface area contributed by atoms with Crippen molar-refractivity contribution in [3.63, 3.8) is 0 Å². The largest absolute Gasteiger partial charge is 0.395 e. The third kappa shape index (κ3) is 2.17. The average molecular weight is 279 g/mol. The van der Waals surface area contributed by atoms with Gasteiger partial charge in [-0.25, -0.2) is 4.39 Å². The highest BCUT2D eigenvalue weighted by Gasteiger charge is 2.06. The number of rotatable bonds is 2. The van der Waals surface area contributed by atoms with Crippen molar-refractivity contribution in [1.82, 2.24) is 0 Å². The Labute approximate surface area is 84.7 Å². The zero-order valence-corrected chi connectivity index (χ0v) is 8.80. The van der Waals surface area contributed by atoms with E-state index in [-0.39, 0.29) is 12.4 Å². The van der Waals surface area contributed by atoms with Crippen LogP contribution in [0, 0.1) is 15.3 Å². The van der Waals surface area contributed by atoms with Gasteiger partial charge in [-0.3, -0.25) is 0 Å². The summed E-state index contributed by atoms with van der Waals surface area (Å²) in [6.45, 7) is 1.75. The summed E-state index contributed by atoms with van der Waals surface area (Å²) < 4.78 is 13.6. The van der Waals surface area contributed by atoms with Gasteiger partial charge in [-0.2, -0.15) is 0 Å². The summed E-state index contributed by atoms with van der Waals surface area (Å²) in [6.07, 6.45) is 0. The number of halogens is 2. The Morgan fingerprint density at radius 1 is 1.58 bits per heavy atom. The smallest absolute Gasteiger partial charge is 0.136 e. The van der Waals surface area contributed by atoms with Crippen LogP contribution < -0.4 is 0 Å². The van der Waals surface area contributed by atoms with Crippen LogP contribution in [0.3, 0.4) is 0 Å². The lowest BCUT2D eigenvalue weighted by atomic mass is 10.0. The Balaban J connectivity index is 2.96. The predicted molar refractivity (Wildman–Crippen MR) is 54.2 cm³/mol. The van der Waals surface area contributed by atoms with Crippen molar-refractivity contribution in [1.29, 1.82) is 0 Å². The second kappa shape index (κ2) is 4.18. The van der Waals surface area contributed by atoms with Gasteiger partial charge in [0.15, 0.2) is 0 Å². The van der Waals surface area contributed by atoms with Crippen molar-refractivity contribution >= 4 is 22.6 Å². The first-order valence-corrected chi connectivity index (χ1v) is 4.61. The quantitative estimate of drug-likeness (QED) is 0.824. The summed E-state index contributed by atoms with van der Waals surface area (Å²) >= 11 is 1.93. The maximum atomic E-state index is 13.0. The van der Waals surface area contributed by atoms with E-state index in [0.717, 1.165) is 11.5 Å². The third-order valence-electron chi connectivity index (χ3n) is 1.65. The van der Waals surface area contributed by atoms with Crippen LogP contribution in [0.4, 0.5) is 4.39 Å². The molecule has 1 N–H and O–H groups in total. The van der Waals surface area contributed by atoms with Gasteiger partial charge in [-0.1, -0.05) is 13.0 Å². The van der Waals surface area contributed by atoms with Crippen LogP contribution in [0.5, 0.6) is 0 Å². The molecule has 0 bridgehead atoms. The van der Waals surface area contributed by atoms with Crippen LogP contribution in [-0.4, -0.2) is 11.7 Å². The Bertz CT molecular complexity index is 275. The SMILES string of the molecule is C[C](CO)c1ccc(I)c(F)c1. The molecule has 0 aliphatic carbocycles. The first kappa shape index (κ1) is 9.92. The zero-order chi connectivity index (χ0) is 9.14. The summed E-state index contributed by atoms with van der Waals surface area (Å²) in [4.78, 5) is 0. The van der Waals surface area contributed by atoms with E-state index >= 15 is 0 Å².